The normalized spacial score (nSPS) is 13.9. The molecule has 0 saturated heterocycles. The Balaban J connectivity index is 4.09. The molecule has 3 unspecified atom stereocenters. The van der Waals surface area contributed by atoms with Gasteiger partial charge in [0.25, 0.3) is 0 Å². The van der Waals surface area contributed by atoms with E-state index in [2.05, 4.69) is 31.3 Å². The lowest BCUT2D eigenvalue weighted by atomic mass is 10.0. The van der Waals surface area contributed by atoms with Gasteiger partial charge in [0, 0.05) is 6.42 Å². The van der Waals surface area contributed by atoms with Crippen molar-refractivity contribution in [2.24, 2.45) is 0 Å². The number of carbonyl (C=O) groups is 1. The number of aliphatic hydroxyl groups is 1. The molecule has 3 N–H and O–H groups in total. The van der Waals surface area contributed by atoms with Crippen molar-refractivity contribution in [1.29, 1.82) is 0 Å². The van der Waals surface area contributed by atoms with E-state index in [0.717, 1.165) is 38.5 Å². The standard InChI is InChI=1S/C59H119N2O6P/c1-6-8-10-12-14-16-18-20-22-24-26-27-28-29-30-31-32-33-35-37-39-41-43-45-47-49-51-53-59(63)60-57(56-67-68(64,65)66-55-54-61(3,4)5)58(62)52-50-48-46-44-42-40-38-36-34-25-23-21-19-17-15-13-11-9-7-2/h24,26,57-58,62H,6-23,25,27-56H2,1-5H3,(H-,60,63,64,65)/p+1/b26-24-. The quantitative estimate of drug-likeness (QED) is 0.0243. The topological polar surface area (TPSA) is 105 Å². The predicted octanol–water partition coefficient (Wildman–Crippen LogP) is 18.2. The van der Waals surface area contributed by atoms with Gasteiger partial charge in [0.1, 0.15) is 13.2 Å². The molecule has 0 aromatic rings. The fourth-order valence-corrected chi connectivity index (χ4v) is 10.0. The number of rotatable bonds is 56. The van der Waals surface area contributed by atoms with Crippen molar-refractivity contribution in [2.75, 3.05) is 40.9 Å². The van der Waals surface area contributed by atoms with Crippen molar-refractivity contribution < 1.29 is 32.9 Å². The van der Waals surface area contributed by atoms with Gasteiger partial charge in [0.15, 0.2) is 0 Å². The fraction of sp³-hybridized carbons (Fsp3) is 0.949. The summed E-state index contributed by atoms with van der Waals surface area (Å²) >= 11 is 0. The minimum atomic E-state index is -4.32. The van der Waals surface area contributed by atoms with Crippen LogP contribution in [-0.4, -0.2) is 73.4 Å². The molecule has 8 nitrogen and oxygen atoms in total. The van der Waals surface area contributed by atoms with E-state index < -0.39 is 20.0 Å². The van der Waals surface area contributed by atoms with Crippen molar-refractivity contribution in [3.05, 3.63) is 12.2 Å². The fourth-order valence-electron chi connectivity index (χ4n) is 9.28. The summed E-state index contributed by atoms with van der Waals surface area (Å²) in [5.74, 6) is -0.138. The van der Waals surface area contributed by atoms with Crippen LogP contribution in [-0.2, 0) is 18.4 Å². The smallest absolute Gasteiger partial charge is 0.391 e. The first kappa shape index (κ1) is 67.2. The highest BCUT2D eigenvalue weighted by Crippen LogP contribution is 2.43. The minimum absolute atomic E-state index is 0.0778. The summed E-state index contributed by atoms with van der Waals surface area (Å²) in [6.45, 7) is 4.94. The van der Waals surface area contributed by atoms with Gasteiger partial charge >= 0.3 is 7.82 Å². The zero-order valence-electron chi connectivity index (χ0n) is 46.4. The summed E-state index contributed by atoms with van der Waals surface area (Å²) < 4.78 is 23.8. The molecule has 0 bridgehead atoms. The number of hydrogen-bond acceptors (Lipinski definition) is 5. The molecule has 0 aliphatic rings. The molecular weight excluding hydrogens is 864 g/mol. The van der Waals surface area contributed by atoms with Crippen LogP contribution in [0.3, 0.4) is 0 Å². The monoisotopic (exact) mass is 984 g/mol. The molecule has 0 rings (SSSR count). The maximum atomic E-state index is 13.0. The maximum Gasteiger partial charge on any atom is 0.472 e. The number of aliphatic hydroxyl groups excluding tert-OH is 1. The molecule has 0 aromatic carbocycles. The molecular formula is C59H120N2O6P+. The van der Waals surface area contributed by atoms with Crippen molar-refractivity contribution in [2.45, 2.75) is 321 Å². The van der Waals surface area contributed by atoms with Gasteiger partial charge in [-0.15, -0.1) is 0 Å². The van der Waals surface area contributed by atoms with Gasteiger partial charge in [-0.1, -0.05) is 276 Å². The second kappa shape index (κ2) is 51.2. The molecule has 406 valence electrons. The van der Waals surface area contributed by atoms with Gasteiger partial charge in [-0.05, 0) is 38.5 Å². The Hall–Kier alpha value is -0.760. The second-order valence-electron chi connectivity index (χ2n) is 22.1. The summed E-state index contributed by atoms with van der Waals surface area (Å²) in [4.78, 5) is 23.4. The molecule has 0 aliphatic heterocycles. The molecule has 9 heteroatoms. The number of nitrogens with zero attached hydrogens (tertiary/aromatic N) is 1. The van der Waals surface area contributed by atoms with E-state index in [9.17, 15) is 19.4 Å². The Morgan fingerprint density at radius 1 is 0.485 bits per heavy atom. The van der Waals surface area contributed by atoms with Crippen LogP contribution in [0.25, 0.3) is 0 Å². The number of quaternary nitrogens is 1. The number of likely N-dealkylation sites (N-methyl/N-ethyl adjacent to an activating group) is 1. The maximum absolute atomic E-state index is 13.0. The van der Waals surface area contributed by atoms with E-state index in [1.807, 2.05) is 21.1 Å². The van der Waals surface area contributed by atoms with Gasteiger partial charge in [-0.2, -0.15) is 0 Å². The molecule has 0 fully saturated rings. The van der Waals surface area contributed by atoms with Crippen molar-refractivity contribution in [3.8, 4) is 0 Å². The first-order valence-corrected chi connectivity index (χ1v) is 31.5. The third-order valence-electron chi connectivity index (χ3n) is 14.0. The summed E-state index contributed by atoms with van der Waals surface area (Å²) in [7, 11) is 1.63. The first-order chi connectivity index (χ1) is 33.0. The van der Waals surface area contributed by atoms with Crippen molar-refractivity contribution in [3.63, 3.8) is 0 Å². The van der Waals surface area contributed by atoms with E-state index in [1.165, 1.54) is 244 Å². The number of allylic oxidation sites excluding steroid dienone is 2. The SMILES string of the molecule is CCCCCCCCCC/C=C\CCCCCCCCCCCCCCCCCC(=O)NC(COP(=O)(O)OCC[N+](C)(C)C)C(O)CCCCCCCCCCCCCCCCCCCCC. The molecule has 0 spiro atoms. The first-order valence-electron chi connectivity index (χ1n) is 30.1. The number of unbranched alkanes of at least 4 members (excludes halogenated alkanes) is 41. The lowest BCUT2D eigenvalue weighted by Crippen LogP contribution is -2.46. The summed E-state index contributed by atoms with van der Waals surface area (Å²) in [5.41, 5.74) is 0. The van der Waals surface area contributed by atoms with Crippen LogP contribution >= 0.6 is 7.82 Å². The summed E-state index contributed by atoms with van der Waals surface area (Å²) in [5, 5.41) is 14.1. The second-order valence-corrected chi connectivity index (χ2v) is 23.5. The Labute approximate surface area is 424 Å². The molecule has 3 atom stereocenters. The van der Waals surface area contributed by atoms with Gasteiger partial charge in [-0.25, -0.2) is 4.57 Å². The predicted molar refractivity (Wildman–Crippen MR) is 295 cm³/mol. The van der Waals surface area contributed by atoms with Gasteiger partial charge in [-0.3, -0.25) is 13.8 Å². The zero-order chi connectivity index (χ0) is 49.9. The van der Waals surface area contributed by atoms with Crippen LogP contribution in [0.2, 0.25) is 0 Å². The van der Waals surface area contributed by atoms with E-state index in [4.69, 9.17) is 9.05 Å². The van der Waals surface area contributed by atoms with Crippen LogP contribution in [0.4, 0.5) is 0 Å². The Morgan fingerprint density at radius 3 is 1.13 bits per heavy atom. The highest BCUT2D eigenvalue weighted by atomic mass is 31.2. The van der Waals surface area contributed by atoms with E-state index in [1.54, 1.807) is 0 Å². The zero-order valence-corrected chi connectivity index (χ0v) is 47.3. The average Bonchev–Trinajstić information content (AvgIpc) is 3.30. The molecule has 0 aromatic heterocycles. The number of hydrogen-bond donors (Lipinski definition) is 3. The number of phosphoric acid groups is 1. The Bertz CT molecular complexity index is 1120. The Morgan fingerprint density at radius 2 is 0.794 bits per heavy atom. The average molecular weight is 985 g/mol. The van der Waals surface area contributed by atoms with Crippen LogP contribution in [0.5, 0.6) is 0 Å². The highest BCUT2D eigenvalue weighted by molar-refractivity contribution is 7.47. The third-order valence-corrected chi connectivity index (χ3v) is 15.0. The van der Waals surface area contributed by atoms with Crippen LogP contribution in [0, 0.1) is 0 Å². The van der Waals surface area contributed by atoms with Gasteiger partial charge < -0.3 is 19.8 Å². The Kier molecular flexibility index (Phi) is 50.6. The number of nitrogens with one attached hydrogen (secondary N) is 1. The van der Waals surface area contributed by atoms with Gasteiger partial charge in [0.2, 0.25) is 5.91 Å². The van der Waals surface area contributed by atoms with Crippen LogP contribution < -0.4 is 5.32 Å². The molecule has 1 amide bonds. The van der Waals surface area contributed by atoms with E-state index in [0.29, 0.717) is 23.9 Å². The molecule has 0 aliphatic carbocycles. The van der Waals surface area contributed by atoms with Crippen LogP contribution in [0.1, 0.15) is 309 Å². The lowest BCUT2D eigenvalue weighted by Gasteiger charge is -2.26. The minimum Gasteiger partial charge on any atom is -0.391 e. The van der Waals surface area contributed by atoms with E-state index >= 15 is 0 Å². The molecule has 0 radical (unpaired) electrons. The number of amides is 1. The lowest BCUT2D eigenvalue weighted by molar-refractivity contribution is -0.870. The van der Waals surface area contributed by atoms with Crippen LogP contribution in [0.15, 0.2) is 12.2 Å². The number of phosphoric ester groups is 1. The largest absolute Gasteiger partial charge is 0.472 e. The summed E-state index contributed by atoms with van der Waals surface area (Å²) in [6.07, 6.45) is 62.7. The highest BCUT2D eigenvalue weighted by Gasteiger charge is 2.28. The third kappa shape index (κ3) is 53.0. The van der Waals surface area contributed by atoms with Gasteiger partial charge in [0.05, 0.1) is 39.9 Å². The van der Waals surface area contributed by atoms with Crippen molar-refractivity contribution in [1.82, 2.24) is 5.32 Å². The molecule has 0 heterocycles. The molecule has 68 heavy (non-hydrogen) atoms. The molecule has 0 saturated carbocycles. The van der Waals surface area contributed by atoms with E-state index in [-0.39, 0.29) is 19.1 Å². The van der Waals surface area contributed by atoms with Crippen molar-refractivity contribution >= 4 is 13.7 Å². The summed E-state index contributed by atoms with van der Waals surface area (Å²) in [6, 6.07) is -0.757. The number of carbonyl (C=O) groups excluding carboxylic acids is 1.